The number of likely N-dealkylation sites (N-methyl/N-ethyl adjacent to an activating group) is 1. The summed E-state index contributed by atoms with van der Waals surface area (Å²) in [5.74, 6) is 0.765. The van der Waals surface area contributed by atoms with Gasteiger partial charge in [-0.05, 0) is 57.5 Å². The normalized spacial score (nSPS) is 13.2. The molecule has 0 spiro atoms. The second kappa shape index (κ2) is 8.34. The lowest BCUT2D eigenvalue weighted by Gasteiger charge is -2.26. The van der Waals surface area contributed by atoms with Gasteiger partial charge in [0.15, 0.2) is 0 Å². The van der Waals surface area contributed by atoms with E-state index in [4.69, 9.17) is 0 Å². The molecule has 0 aromatic heterocycles. The van der Waals surface area contributed by atoms with Crippen molar-refractivity contribution < 1.29 is 0 Å². The van der Waals surface area contributed by atoms with Gasteiger partial charge >= 0.3 is 0 Å². The van der Waals surface area contributed by atoms with E-state index in [1.807, 2.05) is 7.05 Å². The first kappa shape index (κ1) is 16.2. The van der Waals surface area contributed by atoms with Crippen LogP contribution in [0.3, 0.4) is 0 Å². The van der Waals surface area contributed by atoms with E-state index in [0.29, 0.717) is 6.04 Å². The summed E-state index contributed by atoms with van der Waals surface area (Å²) in [7, 11) is 4.22. The molecule has 0 aliphatic rings. The molecule has 2 heteroatoms. The molecule has 0 fully saturated rings. The fraction of sp³-hybridized carbons (Fsp3) is 0.647. The lowest BCUT2D eigenvalue weighted by molar-refractivity contribution is 0.220. The number of benzene rings is 1. The molecule has 1 atom stereocenters. The summed E-state index contributed by atoms with van der Waals surface area (Å²) in [6, 6.07) is 9.69. The highest BCUT2D eigenvalue weighted by atomic mass is 15.1. The van der Waals surface area contributed by atoms with Crippen LogP contribution < -0.4 is 5.32 Å². The predicted octanol–water partition coefficient (Wildman–Crippen LogP) is 3.31. The van der Waals surface area contributed by atoms with E-state index in [-0.39, 0.29) is 0 Å². The van der Waals surface area contributed by atoms with E-state index in [0.717, 1.165) is 25.4 Å². The largest absolute Gasteiger partial charge is 0.319 e. The Morgan fingerprint density at radius 2 is 1.63 bits per heavy atom. The first-order chi connectivity index (χ1) is 9.02. The van der Waals surface area contributed by atoms with Crippen LogP contribution in [0, 0.1) is 5.92 Å². The van der Waals surface area contributed by atoms with Gasteiger partial charge in [-0.1, -0.05) is 38.1 Å². The smallest absolute Gasteiger partial charge is 0.0233 e. The van der Waals surface area contributed by atoms with Crippen molar-refractivity contribution in [3.05, 3.63) is 35.4 Å². The van der Waals surface area contributed by atoms with Crippen molar-refractivity contribution >= 4 is 0 Å². The summed E-state index contributed by atoms with van der Waals surface area (Å²) in [5, 5.41) is 3.19. The summed E-state index contributed by atoms with van der Waals surface area (Å²) in [4.78, 5) is 2.45. The maximum absolute atomic E-state index is 3.19. The predicted molar refractivity (Wildman–Crippen MR) is 84.5 cm³/mol. The number of nitrogens with one attached hydrogen (secondary N) is 1. The van der Waals surface area contributed by atoms with E-state index in [1.54, 1.807) is 0 Å². The average molecular weight is 262 g/mol. The summed E-state index contributed by atoms with van der Waals surface area (Å²) < 4.78 is 0. The number of nitrogens with zero attached hydrogens (tertiary/aromatic N) is 1. The van der Waals surface area contributed by atoms with Gasteiger partial charge in [-0.25, -0.2) is 0 Å². The summed E-state index contributed by atoms with van der Waals surface area (Å²) >= 11 is 0. The van der Waals surface area contributed by atoms with Gasteiger partial charge in [0.2, 0.25) is 0 Å². The second-order valence-electron chi connectivity index (χ2n) is 6.06. The summed E-state index contributed by atoms with van der Waals surface area (Å²) in [5.41, 5.74) is 2.82. The van der Waals surface area contributed by atoms with Crippen LogP contribution in [-0.4, -0.2) is 31.6 Å². The number of hydrogen-bond acceptors (Lipinski definition) is 2. The van der Waals surface area contributed by atoms with E-state index in [2.05, 4.69) is 62.3 Å². The van der Waals surface area contributed by atoms with Crippen molar-refractivity contribution in [2.45, 2.75) is 46.2 Å². The first-order valence-electron chi connectivity index (χ1n) is 7.45. The van der Waals surface area contributed by atoms with Crippen LogP contribution in [0.5, 0.6) is 0 Å². The van der Waals surface area contributed by atoms with Crippen LogP contribution in [-0.2, 0) is 13.0 Å². The van der Waals surface area contributed by atoms with Gasteiger partial charge in [-0.3, -0.25) is 4.90 Å². The van der Waals surface area contributed by atoms with Crippen molar-refractivity contribution in [3.63, 3.8) is 0 Å². The minimum atomic E-state index is 0.643. The van der Waals surface area contributed by atoms with Crippen molar-refractivity contribution in [3.8, 4) is 0 Å². The Bertz CT molecular complexity index is 343. The molecule has 0 saturated heterocycles. The Hall–Kier alpha value is -0.860. The standard InChI is InChI=1S/C17H30N2/c1-14(2)12-15(3)19(5)13-17-8-6-16(7-9-17)10-11-18-4/h6-9,14-15,18H,10-13H2,1-5H3. The number of rotatable bonds is 8. The zero-order valence-electron chi connectivity index (χ0n) is 13.2. The molecular weight excluding hydrogens is 232 g/mol. The molecule has 0 aliphatic heterocycles. The van der Waals surface area contributed by atoms with Crippen LogP contribution in [0.2, 0.25) is 0 Å². The van der Waals surface area contributed by atoms with E-state index >= 15 is 0 Å². The highest BCUT2D eigenvalue weighted by molar-refractivity contribution is 5.22. The third-order valence-corrected chi connectivity index (χ3v) is 3.68. The van der Waals surface area contributed by atoms with Crippen molar-refractivity contribution in [2.75, 3.05) is 20.6 Å². The minimum Gasteiger partial charge on any atom is -0.319 e. The van der Waals surface area contributed by atoms with Gasteiger partial charge in [-0.15, -0.1) is 0 Å². The Morgan fingerprint density at radius 3 is 2.16 bits per heavy atom. The SMILES string of the molecule is CNCCc1ccc(CN(C)C(C)CC(C)C)cc1. The molecule has 1 aromatic carbocycles. The van der Waals surface area contributed by atoms with Crippen molar-refractivity contribution in [1.29, 1.82) is 0 Å². The molecule has 0 heterocycles. The topological polar surface area (TPSA) is 15.3 Å². The molecule has 2 nitrogen and oxygen atoms in total. The van der Waals surface area contributed by atoms with Gasteiger partial charge < -0.3 is 5.32 Å². The van der Waals surface area contributed by atoms with E-state index < -0.39 is 0 Å². The average Bonchev–Trinajstić information content (AvgIpc) is 2.37. The molecule has 19 heavy (non-hydrogen) atoms. The van der Waals surface area contributed by atoms with Crippen LogP contribution in [0.25, 0.3) is 0 Å². The maximum Gasteiger partial charge on any atom is 0.0233 e. The zero-order valence-corrected chi connectivity index (χ0v) is 13.2. The molecular formula is C17H30N2. The Labute approximate surface area is 119 Å². The van der Waals surface area contributed by atoms with Crippen molar-refractivity contribution in [2.24, 2.45) is 5.92 Å². The molecule has 1 aromatic rings. The molecule has 0 saturated carbocycles. The molecule has 1 unspecified atom stereocenters. The molecule has 0 aliphatic carbocycles. The third kappa shape index (κ3) is 6.22. The lowest BCUT2D eigenvalue weighted by atomic mass is 10.0. The van der Waals surface area contributed by atoms with Crippen LogP contribution in [0.15, 0.2) is 24.3 Å². The van der Waals surface area contributed by atoms with Crippen LogP contribution in [0.4, 0.5) is 0 Å². The highest BCUT2D eigenvalue weighted by Gasteiger charge is 2.11. The van der Waals surface area contributed by atoms with Gasteiger partial charge in [0.25, 0.3) is 0 Å². The minimum absolute atomic E-state index is 0.643. The molecule has 108 valence electrons. The Morgan fingerprint density at radius 1 is 1.05 bits per heavy atom. The quantitative estimate of drug-likeness (QED) is 0.773. The fourth-order valence-electron chi connectivity index (χ4n) is 2.39. The monoisotopic (exact) mass is 262 g/mol. The summed E-state index contributed by atoms with van der Waals surface area (Å²) in [6.07, 6.45) is 2.37. The molecule has 1 N–H and O–H groups in total. The van der Waals surface area contributed by atoms with Gasteiger partial charge in [0.1, 0.15) is 0 Å². The molecule has 0 bridgehead atoms. The molecule has 1 rings (SSSR count). The van der Waals surface area contributed by atoms with E-state index in [9.17, 15) is 0 Å². The third-order valence-electron chi connectivity index (χ3n) is 3.68. The van der Waals surface area contributed by atoms with E-state index in [1.165, 1.54) is 17.5 Å². The van der Waals surface area contributed by atoms with Gasteiger partial charge in [0, 0.05) is 12.6 Å². The van der Waals surface area contributed by atoms with Crippen molar-refractivity contribution in [1.82, 2.24) is 10.2 Å². The van der Waals surface area contributed by atoms with Gasteiger partial charge in [-0.2, -0.15) is 0 Å². The molecule has 0 radical (unpaired) electrons. The second-order valence-corrected chi connectivity index (χ2v) is 6.06. The summed E-state index contributed by atoms with van der Waals surface area (Å²) in [6.45, 7) is 8.99. The lowest BCUT2D eigenvalue weighted by Crippen LogP contribution is -2.29. The first-order valence-corrected chi connectivity index (χ1v) is 7.45. The van der Waals surface area contributed by atoms with Crippen LogP contribution >= 0.6 is 0 Å². The van der Waals surface area contributed by atoms with Crippen LogP contribution in [0.1, 0.15) is 38.3 Å². The fourth-order valence-corrected chi connectivity index (χ4v) is 2.39. The zero-order chi connectivity index (χ0) is 14.3. The maximum atomic E-state index is 3.19. The highest BCUT2D eigenvalue weighted by Crippen LogP contribution is 2.13. The van der Waals surface area contributed by atoms with Gasteiger partial charge in [0.05, 0.1) is 0 Å². The number of hydrogen-bond donors (Lipinski definition) is 1. The molecule has 0 amide bonds. The Balaban J connectivity index is 2.48. The Kier molecular flexibility index (Phi) is 7.11.